The first-order valence-corrected chi connectivity index (χ1v) is 13.0. The fourth-order valence-corrected chi connectivity index (χ4v) is 8.62. The highest BCUT2D eigenvalue weighted by Crippen LogP contribution is 2.67. The van der Waals surface area contributed by atoms with Gasteiger partial charge in [-0.15, -0.1) is 0 Å². The molecule has 3 fully saturated rings. The normalized spacial score (nSPS) is 47.5. The van der Waals surface area contributed by atoms with E-state index in [1.807, 2.05) is 6.08 Å². The van der Waals surface area contributed by atoms with Crippen LogP contribution in [-0.2, 0) is 4.79 Å². The highest BCUT2D eigenvalue weighted by Gasteiger charge is 2.63. The van der Waals surface area contributed by atoms with E-state index in [0.29, 0.717) is 35.4 Å². The molecule has 0 aromatic rings. The number of aliphatic hydroxyl groups excluding tert-OH is 1. The Hall–Kier alpha value is -0.630. The lowest BCUT2D eigenvalue weighted by Gasteiger charge is -2.60. The minimum absolute atomic E-state index is 0.0824. The van der Waals surface area contributed by atoms with Crippen LogP contribution in [0.3, 0.4) is 0 Å². The summed E-state index contributed by atoms with van der Waals surface area (Å²) in [7, 11) is 0. The molecule has 0 heterocycles. The number of aliphatic hydroxyl groups is 1. The molecule has 0 spiro atoms. The standard InChI is InChI=1S/C28H46O2/c1-17(2)18(3)7-8-19(4)23-11-12-24-22-10-9-20-15-21(29)13-14-27(20,5)25(22)16-26(30)28(23,24)6/h13-14,17-20,22-26,30H,7-12,15-16H2,1-6H3/t18-,19+,20?,22?,23+,24?,25?,26-,27?,28?/m0/s1. The third-order valence-electron chi connectivity index (χ3n) is 11.1. The molecule has 0 amide bonds. The zero-order valence-electron chi connectivity index (χ0n) is 20.4. The van der Waals surface area contributed by atoms with Crippen LogP contribution in [0.4, 0.5) is 0 Å². The third kappa shape index (κ3) is 3.44. The van der Waals surface area contributed by atoms with Crippen molar-refractivity contribution in [3.8, 4) is 0 Å². The van der Waals surface area contributed by atoms with E-state index in [9.17, 15) is 9.90 Å². The van der Waals surface area contributed by atoms with Crippen LogP contribution in [0, 0.1) is 58.2 Å². The van der Waals surface area contributed by atoms with E-state index >= 15 is 0 Å². The van der Waals surface area contributed by atoms with E-state index in [1.165, 1.54) is 38.5 Å². The summed E-state index contributed by atoms with van der Waals surface area (Å²) in [5.41, 5.74) is 0.189. The second-order valence-electron chi connectivity index (χ2n) is 12.6. The van der Waals surface area contributed by atoms with E-state index in [1.54, 1.807) is 0 Å². The minimum atomic E-state index is -0.192. The predicted molar refractivity (Wildman–Crippen MR) is 124 cm³/mol. The number of hydrogen-bond donors (Lipinski definition) is 1. The molecule has 4 aliphatic rings. The average molecular weight is 415 g/mol. The number of hydrogen-bond acceptors (Lipinski definition) is 2. The van der Waals surface area contributed by atoms with Gasteiger partial charge in [-0.1, -0.05) is 60.5 Å². The molecule has 1 N–H and O–H groups in total. The van der Waals surface area contributed by atoms with E-state index in [2.05, 4.69) is 47.6 Å². The number of allylic oxidation sites excluding steroid dienone is 2. The monoisotopic (exact) mass is 414 g/mol. The largest absolute Gasteiger partial charge is 0.393 e. The summed E-state index contributed by atoms with van der Waals surface area (Å²) in [4.78, 5) is 12.1. The van der Waals surface area contributed by atoms with Gasteiger partial charge in [0.15, 0.2) is 5.78 Å². The van der Waals surface area contributed by atoms with Gasteiger partial charge in [-0.05, 0) is 96.4 Å². The molecule has 0 aliphatic heterocycles. The van der Waals surface area contributed by atoms with Crippen molar-refractivity contribution in [1.29, 1.82) is 0 Å². The van der Waals surface area contributed by atoms with Crippen LogP contribution >= 0.6 is 0 Å². The Bertz CT molecular complexity index is 680. The van der Waals surface area contributed by atoms with Crippen molar-refractivity contribution in [1.82, 2.24) is 0 Å². The van der Waals surface area contributed by atoms with Gasteiger partial charge >= 0.3 is 0 Å². The fourth-order valence-electron chi connectivity index (χ4n) is 8.62. The molecule has 30 heavy (non-hydrogen) atoms. The van der Waals surface area contributed by atoms with Gasteiger partial charge < -0.3 is 5.11 Å². The SMILES string of the molecule is CC(C)[C@@H](C)CC[C@@H](C)[C@H]1CCC2C3CCC4CC(=O)C=CC4(C)C3C[C@H](O)C21C. The average Bonchev–Trinajstić information content (AvgIpc) is 3.06. The Morgan fingerprint density at radius 3 is 2.47 bits per heavy atom. The van der Waals surface area contributed by atoms with Crippen LogP contribution in [0.15, 0.2) is 12.2 Å². The Labute approximate surface area is 185 Å². The van der Waals surface area contributed by atoms with Gasteiger partial charge in [-0.25, -0.2) is 0 Å². The molecule has 170 valence electrons. The maximum atomic E-state index is 12.1. The van der Waals surface area contributed by atoms with Crippen molar-refractivity contribution < 1.29 is 9.90 Å². The molecular formula is C28H46O2. The molecule has 0 radical (unpaired) electrons. The van der Waals surface area contributed by atoms with Crippen molar-refractivity contribution in [2.24, 2.45) is 58.2 Å². The van der Waals surface area contributed by atoms with Crippen molar-refractivity contribution in [2.75, 3.05) is 0 Å². The van der Waals surface area contributed by atoms with Gasteiger partial charge in [0.05, 0.1) is 6.10 Å². The van der Waals surface area contributed by atoms with E-state index in [-0.39, 0.29) is 16.9 Å². The molecule has 2 heteroatoms. The Balaban J connectivity index is 1.54. The number of rotatable bonds is 5. The highest BCUT2D eigenvalue weighted by molar-refractivity contribution is 5.91. The molecule has 0 bridgehead atoms. The smallest absolute Gasteiger partial charge is 0.155 e. The summed E-state index contributed by atoms with van der Waals surface area (Å²) in [6.07, 6.45) is 13.3. The molecule has 10 atom stereocenters. The zero-order valence-corrected chi connectivity index (χ0v) is 20.4. The molecular weight excluding hydrogens is 368 g/mol. The highest BCUT2D eigenvalue weighted by atomic mass is 16.3. The zero-order chi connectivity index (χ0) is 21.8. The molecule has 0 aromatic carbocycles. The van der Waals surface area contributed by atoms with Crippen LogP contribution in [-0.4, -0.2) is 17.0 Å². The van der Waals surface area contributed by atoms with E-state index in [0.717, 1.165) is 30.6 Å². The quantitative estimate of drug-likeness (QED) is 0.545. The first-order chi connectivity index (χ1) is 14.1. The van der Waals surface area contributed by atoms with Gasteiger partial charge in [0.1, 0.15) is 0 Å². The lowest BCUT2D eigenvalue weighted by molar-refractivity contribution is -0.154. The molecule has 0 aromatic heterocycles. The van der Waals surface area contributed by atoms with Crippen LogP contribution in [0.5, 0.6) is 0 Å². The maximum absolute atomic E-state index is 12.1. The molecule has 0 saturated heterocycles. The van der Waals surface area contributed by atoms with Crippen LogP contribution < -0.4 is 0 Å². The molecule has 4 aliphatic carbocycles. The van der Waals surface area contributed by atoms with Crippen molar-refractivity contribution in [3.63, 3.8) is 0 Å². The predicted octanol–water partition coefficient (Wildman–Crippen LogP) is 6.67. The van der Waals surface area contributed by atoms with Gasteiger partial charge in [-0.2, -0.15) is 0 Å². The topological polar surface area (TPSA) is 37.3 Å². The summed E-state index contributed by atoms with van der Waals surface area (Å²) < 4.78 is 0. The number of carbonyl (C=O) groups is 1. The van der Waals surface area contributed by atoms with Crippen LogP contribution in [0.2, 0.25) is 0 Å². The second kappa shape index (κ2) is 8.05. The summed E-state index contributed by atoms with van der Waals surface area (Å²) in [5, 5.41) is 11.6. The summed E-state index contributed by atoms with van der Waals surface area (Å²) in [5.74, 6) is 5.63. The minimum Gasteiger partial charge on any atom is -0.393 e. The van der Waals surface area contributed by atoms with Gasteiger partial charge in [0.25, 0.3) is 0 Å². The third-order valence-corrected chi connectivity index (χ3v) is 11.1. The molecule has 3 saturated carbocycles. The number of carbonyl (C=O) groups excluding carboxylic acids is 1. The molecule has 6 unspecified atom stereocenters. The number of ketones is 1. The Morgan fingerprint density at radius 1 is 1.03 bits per heavy atom. The summed E-state index contributed by atoms with van der Waals surface area (Å²) in [6, 6.07) is 0. The van der Waals surface area contributed by atoms with Crippen molar-refractivity contribution in [2.45, 2.75) is 99.0 Å². The van der Waals surface area contributed by atoms with E-state index in [4.69, 9.17) is 0 Å². The first-order valence-electron chi connectivity index (χ1n) is 13.0. The second-order valence-corrected chi connectivity index (χ2v) is 12.6. The maximum Gasteiger partial charge on any atom is 0.155 e. The Morgan fingerprint density at radius 2 is 1.77 bits per heavy atom. The van der Waals surface area contributed by atoms with Crippen molar-refractivity contribution in [3.05, 3.63) is 12.2 Å². The van der Waals surface area contributed by atoms with E-state index < -0.39 is 0 Å². The van der Waals surface area contributed by atoms with Crippen LogP contribution in [0.1, 0.15) is 92.9 Å². The van der Waals surface area contributed by atoms with Gasteiger partial charge in [0.2, 0.25) is 0 Å². The Kier molecular flexibility index (Phi) is 6.06. The fraction of sp³-hybridized carbons (Fsp3) is 0.893. The van der Waals surface area contributed by atoms with Crippen molar-refractivity contribution >= 4 is 5.78 Å². The summed E-state index contributed by atoms with van der Waals surface area (Å²) >= 11 is 0. The van der Waals surface area contributed by atoms with Gasteiger partial charge in [0, 0.05) is 6.42 Å². The summed E-state index contributed by atoms with van der Waals surface area (Å²) in [6.45, 7) is 14.4. The molecule has 4 rings (SSSR count). The first kappa shape index (κ1) is 22.6. The lowest BCUT2D eigenvalue weighted by atomic mass is 9.45. The van der Waals surface area contributed by atoms with Gasteiger partial charge in [-0.3, -0.25) is 4.79 Å². The molecule has 2 nitrogen and oxygen atoms in total. The van der Waals surface area contributed by atoms with Crippen LogP contribution in [0.25, 0.3) is 0 Å². The lowest BCUT2D eigenvalue weighted by Crippen LogP contribution is -2.58. The number of fused-ring (bicyclic) bond motifs is 5.